The number of nitrogens with zero attached hydrogens (tertiary/aromatic N) is 2. The molecule has 6 heteroatoms. The molecule has 3 heterocycles. The molecule has 0 aliphatic carbocycles. The van der Waals surface area contributed by atoms with Gasteiger partial charge in [-0.1, -0.05) is 37.3 Å². The number of hydrogen-bond acceptors (Lipinski definition) is 6. The molecule has 1 N–H and O–H groups in total. The van der Waals surface area contributed by atoms with Crippen LogP contribution >= 0.6 is 0 Å². The van der Waals surface area contributed by atoms with Crippen molar-refractivity contribution in [1.29, 1.82) is 0 Å². The van der Waals surface area contributed by atoms with Gasteiger partial charge in [-0.25, -0.2) is 15.4 Å². The van der Waals surface area contributed by atoms with Crippen LogP contribution in [-0.4, -0.2) is 28.1 Å². The molecule has 2 aliphatic rings. The summed E-state index contributed by atoms with van der Waals surface area (Å²) in [5.74, 6) is -1.17. The molecule has 2 aromatic rings. The third-order valence-electron chi connectivity index (χ3n) is 3.74. The second-order valence-corrected chi connectivity index (χ2v) is 5.24. The van der Waals surface area contributed by atoms with Gasteiger partial charge in [0, 0.05) is 0 Å². The van der Waals surface area contributed by atoms with Crippen LogP contribution in [0.4, 0.5) is 5.82 Å². The molecule has 0 spiro atoms. The second kappa shape index (κ2) is 6.72. The number of aryl methyl sites for hydroxylation is 1. The van der Waals surface area contributed by atoms with E-state index in [0.717, 1.165) is 12.0 Å². The molecule has 0 atom stereocenters. The Morgan fingerprint density at radius 3 is 2.58 bits per heavy atom. The van der Waals surface area contributed by atoms with E-state index in [9.17, 15) is 9.59 Å². The zero-order chi connectivity index (χ0) is 17.1. The molecule has 4 rings (SSSR count). The lowest BCUT2D eigenvalue weighted by Gasteiger charge is -2.17. The molecular formula is C18H17N3O3. The molecule has 0 unspecified atom stereocenters. The smallest absolute Gasteiger partial charge is 0.270 e. The summed E-state index contributed by atoms with van der Waals surface area (Å²) in [6, 6.07) is 7.98. The van der Waals surface area contributed by atoms with Gasteiger partial charge in [-0.3, -0.25) is 14.4 Å². The minimum Gasteiger partial charge on any atom is -0.284 e. The first kappa shape index (κ1) is 16.0. The Kier molecular flexibility index (Phi) is 4.48. The van der Waals surface area contributed by atoms with Crippen molar-refractivity contribution in [3.8, 4) is 0 Å². The summed E-state index contributed by atoms with van der Waals surface area (Å²) in [5.41, 5.74) is 5.41. The van der Waals surface area contributed by atoms with E-state index < -0.39 is 11.6 Å². The van der Waals surface area contributed by atoms with Crippen molar-refractivity contribution in [2.75, 3.05) is 12.1 Å². The molecule has 24 heavy (non-hydrogen) atoms. The molecule has 0 saturated heterocycles. The van der Waals surface area contributed by atoms with Gasteiger partial charge in [-0.2, -0.15) is 0 Å². The van der Waals surface area contributed by atoms with Gasteiger partial charge >= 0.3 is 0 Å². The first-order valence-corrected chi connectivity index (χ1v) is 7.80. The van der Waals surface area contributed by atoms with Crippen LogP contribution in [0.1, 0.15) is 51.6 Å². The highest BCUT2D eigenvalue weighted by Gasteiger charge is 2.34. The lowest BCUT2D eigenvalue weighted by atomic mass is 9.99. The Morgan fingerprint density at radius 1 is 1.08 bits per heavy atom. The van der Waals surface area contributed by atoms with Crippen molar-refractivity contribution in [3.63, 3.8) is 0 Å². The number of ketones is 2. The molecule has 2 aliphatic heterocycles. The predicted molar refractivity (Wildman–Crippen MR) is 90.7 cm³/mol. The van der Waals surface area contributed by atoms with Gasteiger partial charge in [0.05, 0.1) is 17.9 Å². The molecule has 0 amide bonds. The van der Waals surface area contributed by atoms with Crippen LogP contribution in [0.5, 0.6) is 0 Å². The van der Waals surface area contributed by atoms with Crippen molar-refractivity contribution in [2.45, 2.75) is 20.3 Å². The quantitative estimate of drug-likeness (QED) is 0.650. The van der Waals surface area contributed by atoms with Gasteiger partial charge in [0.1, 0.15) is 0 Å². The number of carbonyl (C=O) groups excluding carboxylic acids is 2. The van der Waals surface area contributed by atoms with E-state index in [0.29, 0.717) is 12.3 Å². The lowest BCUT2D eigenvalue weighted by Crippen LogP contribution is -2.29. The third-order valence-corrected chi connectivity index (χ3v) is 3.74. The number of Topliss-reactive ketones (excluding diaryl/α,β-unsaturated/α-hetero) is 2. The summed E-state index contributed by atoms with van der Waals surface area (Å²) in [5, 5.41) is 0. The van der Waals surface area contributed by atoms with Crippen molar-refractivity contribution >= 4 is 29.5 Å². The fourth-order valence-electron chi connectivity index (χ4n) is 2.54. The zero-order valence-corrected chi connectivity index (χ0v) is 13.5. The normalized spacial score (nSPS) is 13.1. The van der Waals surface area contributed by atoms with Crippen LogP contribution in [0.15, 0.2) is 24.3 Å². The number of hydrogen-bond donors (Lipinski definition) is 1. The highest BCUT2D eigenvalue weighted by Crippen LogP contribution is 2.26. The molecule has 122 valence electrons. The molecular weight excluding hydrogens is 306 g/mol. The minimum atomic E-state index is -0.682. The average Bonchev–Trinajstić information content (AvgIpc) is 2.62. The maximum atomic E-state index is 12.2. The largest absolute Gasteiger partial charge is 0.284 e. The Balaban J connectivity index is 2.02. The predicted octanol–water partition coefficient (Wildman–Crippen LogP) is 2.95. The van der Waals surface area contributed by atoms with E-state index in [-0.39, 0.29) is 17.2 Å². The van der Waals surface area contributed by atoms with Crippen molar-refractivity contribution in [3.05, 3.63) is 52.5 Å². The van der Waals surface area contributed by atoms with Crippen LogP contribution in [0.2, 0.25) is 0 Å². The van der Waals surface area contributed by atoms with E-state index in [1.807, 2.05) is 24.3 Å². The van der Waals surface area contributed by atoms with Gasteiger partial charge in [0.25, 0.3) is 5.78 Å². The summed E-state index contributed by atoms with van der Waals surface area (Å²) >= 11 is 0. The molecule has 1 aromatic carbocycles. The van der Waals surface area contributed by atoms with E-state index in [1.54, 1.807) is 13.0 Å². The van der Waals surface area contributed by atoms with Crippen molar-refractivity contribution in [2.24, 2.45) is 0 Å². The van der Waals surface area contributed by atoms with Crippen LogP contribution < -0.4 is 5.48 Å². The van der Waals surface area contributed by atoms with Crippen LogP contribution in [0.3, 0.4) is 0 Å². The maximum absolute atomic E-state index is 12.2. The zero-order valence-electron chi connectivity index (χ0n) is 13.5. The number of nitrogens with one attached hydrogen (secondary N) is 1. The van der Waals surface area contributed by atoms with Gasteiger partial charge in [0.15, 0.2) is 5.82 Å². The lowest BCUT2D eigenvalue weighted by molar-refractivity contribution is 0.0801. The Hall–Kier alpha value is -2.86. The maximum Gasteiger partial charge on any atom is 0.270 e. The Bertz CT molecular complexity index is 843. The molecule has 0 fully saturated rings. The van der Waals surface area contributed by atoms with E-state index in [1.165, 1.54) is 5.56 Å². The Morgan fingerprint density at radius 2 is 1.88 bits per heavy atom. The number of rotatable bonds is 6. The van der Waals surface area contributed by atoms with Crippen LogP contribution in [0, 0.1) is 0 Å². The first-order chi connectivity index (χ1) is 11.7. The Labute approximate surface area is 139 Å². The van der Waals surface area contributed by atoms with Gasteiger partial charge in [-0.15, -0.1) is 0 Å². The van der Waals surface area contributed by atoms with Crippen LogP contribution in [-0.2, 0) is 11.3 Å². The summed E-state index contributed by atoms with van der Waals surface area (Å²) in [4.78, 5) is 37.3. The third kappa shape index (κ3) is 2.83. The topological polar surface area (TPSA) is 81.2 Å². The minimum absolute atomic E-state index is 0.111. The number of benzene rings is 1. The van der Waals surface area contributed by atoms with Gasteiger partial charge in [0.2, 0.25) is 11.6 Å². The van der Waals surface area contributed by atoms with Crippen LogP contribution in [0.25, 0.3) is 12.2 Å². The first-order valence-electron chi connectivity index (χ1n) is 7.80. The monoisotopic (exact) mass is 323 g/mol. The fourth-order valence-corrected chi connectivity index (χ4v) is 2.54. The van der Waals surface area contributed by atoms with Crippen molar-refractivity contribution < 1.29 is 14.4 Å². The summed E-state index contributed by atoms with van der Waals surface area (Å²) in [6.07, 6.45) is 4.52. The number of carbonyl (C=O) groups is 2. The highest BCUT2D eigenvalue weighted by molar-refractivity contribution is 6.51. The summed E-state index contributed by atoms with van der Waals surface area (Å²) in [7, 11) is 0. The van der Waals surface area contributed by atoms with Gasteiger partial charge < -0.3 is 0 Å². The SMILES string of the molecule is CCONc1nc2nc(C=Cc3ccccc3CC)c1C(=O)C2=O. The molecule has 6 nitrogen and oxygen atoms in total. The summed E-state index contributed by atoms with van der Waals surface area (Å²) < 4.78 is 0. The van der Waals surface area contributed by atoms with E-state index >= 15 is 0 Å². The number of aromatic nitrogens is 2. The summed E-state index contributed by atoms with van der Waals surface area (Å²) in [6.45, 7) is 4.28. The molecule has 0 radical (unpaired) electrons. The molecule has 0 saturated carbocycles. The van der Waals surface area contributed by atoms with E-state index in [2.05, 4.69) is 28.4 Å². The highest BCUT2D eigenvalue weighted by atomic mass is 16.6. The second-order valence-electron chi connectivity index (χ2n) is 5.24. The van der Waals surface area contributed by atoms with E-state index in [4.69, 9.17) is 4.84 Å². The fraction of sp³-hybridized carbons (Fsp3) is 0.222. The molecule has 1 aromatic heterocycles. The molecule has 2 bridgehead atoms. The standard InChI is InChI=1S/C18H17N3O3/c1-3-11-7-5-6-8-12(11)9-10-13-14-15(22)16(23)18(19-13)20-17(14)21-24-4-2/h5-10H,3-4H2,1-2H3,(H,19,20,21). The number of anilines is 1. The van der Waals surface area contributed by atoms with Gasteiger partial charge in [-0.05, 0) is 30.5 Å². The van der Waals surface area contributed by atoms with Crippen molar-refractivity contribution in [1.82, 2.24) is 9.97 Å². The number of fused-ring (bicyclic) bond motifs is 3. The average molecular weight is 323 g/mol.